The van der Waals surface area contributed by atoms with E-state index in [2.05, 4.69) is 84.9 Å². The Morgan fingerprint density at radius 2 is 0.864 bits per heavy atom. The molecule has 0 saturated heterocycles. The Morgan fingerprint density at radius 1 is 0.455 bits per heavy atom. The Balaban J connectivity index is 0.00000144. The molecule has 0 atom stereocenters. The second-order valence-corrected chi connectivity index (χ2v) is 5.45. The van der Waals surface area contributed by atoms with Crippen molar-refractivity contribution < 1.29 is 29.6 Å². The van der Waals surface area contributed by atoms with E-state index in [0.29, 0.717) is 0 Å². The number of hydrogen-bond donors (Lipinski definition) is 0. The fourth-order valence-electron chi connectivity index (χ4n) is 3.10. The van der Waals surface area contributed by atoms with E-state index in [1.807, 2.05) is 0 Å². The molecular weight excluding hydrogens is 275 g/mol. The van der Waals surface area contributed by atoms with Crippen molar-refractivity contribution in [2.45, 2.75) is 6.42 Å². The average Bonchev–Trinajstić information content (AvgIpc) is 2.56. The summed E-state index contributed by atoms with van der Waals surface area (Å²) in [6, 6.07) is 30.4. The van der Waals surface area contributed by atoms with Gasteiger partial charge in [-0.2, -0.15) is 0 Å². The summed E-state index contributed by atoms with van der Waals surface area (Å²) in [5, 5.41) is 5.34. The minimum absolute atomic E-state index is 0. The van der Waals surface area contributed by atoms with Crippen LogP contribution in [0.3, 0.4) is 0 Å². The molecule has 0 aliphatic rings. The fraction of sp³-hybridized carbons (Fsp3) is 0.0476. The molecule has 0 aromatic heterocycles. The molecule has 0 radical (unpaired) electrons. The topological polar surface area (TPSA) is 0 Å². The van der Waals surface area contributed by atoms with Crippen LogP contribution in [0.4, 0.5) is 0 Å². The van der Waals surface area contributed by atoms with Crippen molar-refractivity contribution in [3.8, 4) is 0 Å². The van der Waals surface area contributed by atoms with Crippen molar-refractivity contribution in [2.24, 2.45) is 0 Å². The predicted octanol–water partition coefficient (Wildman–Crippen LogP) is 2.59. The molecule has 0 bridgehead atoms. The van der Waals surface area contributed by atoms with E-state index >= 15 is 0 Å². The minimum atomic E-state index is 0. The molecule has 0 spiro atoms. The second kappa shape index (κ2) is 6.66. The van der Waals surface area contributed by atoms with Gasteiger partial charge in [0.05, 0.1) is 0 Å². The third kappa shape index (κ3) is 2.83. The summed E-state index contributed by atoms with van der Waals surface area (Å²) in [4.78, 5) is 0. The molecule has 4 aromatic carbocycles. The van der Waals surface area contributed by atoms with Crippen LogP contribution < -0.4 is 29.6 Å². The Morgan fingerprint density at radius 3 is 1.36 bits per heavy atom. The van der Waals surface area contributed by atoms with Gasteiger partial charge in [0.25, 0.3) is 0 Å². The summed E-state index contributed by atoms with van der Waals surface area (Å²) in [5.74, 6) is 0. The summed E-state index contributed by atoms with van der Waals surface area (Å²) in [7, 11) is 0. The van der Waals surface area contributed by atoms with Crippen LogP contribution in [0.2, 0.25) is 0 Å². The summed E-state index contributed by atoms with van der Waals surface area (Å²) >= 11 is 0. The third-order valence-corrected chi connectivity index (χ3v) is 4.14. The van der Waals surface area contributed by atoms with Crippen LogP contribution in [0.5, 0.6) is 0 Å². The van der Waals surface area contributed by atoms with E-state index in [-0.39, 0.29) is 29.6 Å². The first-order chi connectivity index (χ1) is 10.4. The van der Waals surface area contributed by atoms with Crippen LogP contribution in [0.15, 0.2) is 84.9 Å². The Labute approximate surface area is 153 Å². The van der Waals surface area contributed by atoms with E-state index in [9.17, 15) is 0 Å². The molecule has 0 aliphatic carbocycles. The van der Waals surface area contributed by atoms with Crippen LogP contribution in [-0.4, -0.2) is 0 Å². The van der Waals surface area contributed by atoms with E-state index < -0.39 is 0 Å². The normalized spacial score (nSPS) is 10.5. The van der Waals surface area contributed by atoms with Gasteiger partial charge in [-0.3, -0.25) is 0 Å². The zero-order chi connectivity index (χ0) is 14.1. The van der Waals surface area contributed by atoms with Crippen molar-refractivity contribution in [1.29, 1.82) is 0 Å². The quantitative estimate of drug-likeness (QED) is 0.498. The van der Waals surface area contributed by atoms with Gasteiger partial charge in [-0.05, 0) is 39.1 Å². The van der Waals surface area contributed by atoms with Crippen LogP contribution in [-0.2, 0) is 6.42 Å². The average molecular weight is 291 g/mol. The number of benzene rings is 4. The molecule has 100 valence electrons. The van der Waals surface area contributed by atoms with Crippen molar-refractivity contribution in [3.63, 3.8) is 0 Å². The molecule has 0 saturated carbocycles. The molecule has 0 nitrogen and oxygen atoms in total. The largest absolute Gasteiger partial charge is 1.00 e. The predicted molar refractivity (Wildman–Crippen MR) is 90.7 cm³/mol. The van der Waals surface area contributed by atoms with Gasteiger partial charge in [-0.1, -0.05) is 84.9 Å². The first-order valence-electron chi connectivity index (χ1n) is 7.35. The monoisotopic (exact) mass is 291 g/mol. The smallest absolute Gasteiger partial charge is 0.0616 e. The number of hydrogen-bond acceptors (Lipinski definition) is 0. The number of fused-ring (bicyclic) bond motifs is 2. The number of rotatable bonds is 2. The van der Waals surface area contributed by atoms with Crippen molar-refractivity contribution in [3.05, 3.63) is 96.1 Å². The van der Waals surface area contributed by atoms with E-state index in [0.717, 1.165) is 6.42 Å². The first-order valence-corrected chi connectivity index (χ1v) is 7.35. The molecule has 4 aromatic rings. The molecule has 0 amide bonds. The van der Waals surface area contributed by atoms with E-state index in [1.54, 1.807) is 0 Å². The second-order valence-electron chi connectivity index (χ2n) is 5.45. The maximum atomic E-state index is 2.24. The van der Waals surface area contributed by atoms with Crippen molar-refractivity contribution >= 4 is 21.5 Å². The molecule has 1 heteroatoms. The van der Waals surface area contributed by atoms with E-state index in [1.165, 1.54) is 32.7 Å². The minimum Gasteiger partial charge on any atom is -0.0616 e. The molecule has 0 N–H and O–H groups in total. The van der Waals surface area contributed by atoms with Crippen LogP contribution in [0.1, 0.15) is 11.1 Å². The summed E-state index contributed by atoms with van der Waals surface area (Å²) in [6.45, 7) is 0. The van der Waals surface area contributed by atoms with Crippen molar-refractivity contribution in [2.75, 3.05) is 0 Å². The molecule has 0 fully saturated rings. The van der Waals surface area contributed by atoms with E-state index in [4.69, 9.17) is 0 Å². The summed E-state index contributed by atoms with van der Waals surface area (Å²) < 4.78 is 0. The standard InChI is InChI=1S/C21H16.Na/c1-3-13-20-16(7-1)9-5-11-18(20)15-19-12-6-10-17-8-2-4-14-21(17)19;/h1-14H,15H2;/q;+1. The Bertz CT molecular complexity index is 837. The molecule has 0 aliphatic heterocycles. The van der Waals surface area contributed by atoms with Crippen molar-refractivity contribution in [1.82, 2.24) is 0 Å². The molecular formula is C21H16Na+. The van der Waals surface area contributed by atoms with Gasteiger partial charge < -0.3 is 0 Å². The van der Waals surface area contributed by atoms with Gasteiger partial charge >= 0.3 is 29.6 Å². The molecule has 0 unspecified atom stereocenters. The van der Waals surface area contributed by atoms with Crippen LogP contribution in [0, 0.1) is 0 Å². The van der Waals surface area contributed by atoms with Gasteiger partial charge in [0.2, 0.25) is 0 Å². The molecule has 0 heterocycles. The third-order valence-electron chi connectivity index (χ3n) is 4.14. The zero-order valence-corrected chi connectivity index (χ0v) is 14.8. The van der Waals surface area contributed by atoms with Gasteiger partial charge in [0, 0.05) is 0 Å². The maximum absolute atomic E-state index is 2.24. The Hall–Kier alpha value is -1.60. The SMILES string of the molecule is [Na+].c1ccc2c(Cc3cccc4ccccc34)cccc2c1. The molecule has 4 rings (SSSR count). The molecule has 22 heavy (non-hydrogen) atoms. The fourth-order valence-corrected chi connectivity index (χ4v) is 3.10. The summed E-state index contributed by atoms with van der Waals surface area (Å²) in [6.07, 6.45) is 0.975. The first kappa shape index (κ1) is 15.3. The van der Waals surface area contributed by atoms with Gasteiger partial charge in [-0.25, -0.2) is 0 Å². The van der Waals surface area contributed by atoms with Gasteiger partial charge in [0.1, 0.15) is 0 Å². The zero-order valence-electron chi connectivity index (χ0n) is 12.8. The maximum Gasteiger partial charge on any atom is 1.00 e. The van der Waals surface area contributed by atoms with Crippen LogP contribution >= 0.6 is 0 Å². The summed E-state index contributed by atoms with van der Waals surface area (Å²) in [5.41, 5.74) is 2.79. The Kier molecular flexibility index (Phi) is 4.63. The van der Waals surface area contributed by atoms with Gasteiger partial charge in [-0.15, -0.1) is 0 Å². The van der Waals surface area contributed by atoms with Crippen LogP contribution in [0.25, 0.3) is 21.5 Å². The van der Waals surface area contributed by atoms with Gasteiger partial charge in [0.15, 0.2) is 0 Å².